The number of hydrogen-bond acceptors (Lipinski definition) is 4. The molecule has 1 unspecified atom stereocenters. The number of fused-ring (bicyclic) bond motifs is 1. The summed E-state index contributed by atoms with van der Waals surface area (Å²) in [4.78, 5) is 11.4. The Balaban J connectivity index is 2.27. The fraction of sp³-hybridized carbons (Fsp3) is 0.462. The van der Waals surface area contributed by atoms with Crippen LogP contribution in [0.15, 0.2) is 23.1 Å². The number of aliphatic hydroxyl groups is 1. The largest absolute Gasteiger partial charge is 0.395 e. The molecule has 1 aliphatic rings. The van der Waals surface area contributed by atoms with Crippen molar-refractivity contribution in [3.8, 4) is 0 Å². The first-order valence-corrected chi connectivity index (χ1v) is 7.88. The second-order valence-electron chi connectivity index (χ2n) is 5.20. The first-order chi connectivity index (χ1) is 9.33. The molecule has 2 rings (SSSR count). The van der Waals surface area contributed by atoms with Crippen LogP contribution in [0, 0.1) is 5.92 Å². The molecule has 1 aromatic rings. The molecule has 110 valence electrons. The minimum Gasteiger partial charge on any atom is -0.395 e. The Kier molecular flexibility index (Phi) is 4.12. The van der Waals surface area contributed by atoms with E-state index in [-0.39, 0.29) is 29.7 Å². The molecular weight excluding hydrogens is 280 g/mol. The summed E-state index contributed by atoms with van der Waals surface area (Å²) in [6, 6.07) is 3.98. The number of carbonyl (C=O) groups is 1. The van der Waals surface area contributed by atoms with Crippen molar-refractivity contribution < 1.29 is 18.3 Å². The smallest absolute Gasteiger partial charge is 0.240 e. The fourth-order valence-electron chi connectivity index (χ4n) is 2.02. The van der Waals surface area contributed by atoms with Crippen molar-refractivity contribution in [3.63, 3.8) is 0 Å². The summed E-state index contributed by atoms with van der Waals surface area (Å²) >= 11 is 0. The standard InChI is InChI=1S/C13H18N2O4S/c1-8(2)12(7-16)15-20(18,19)10-3-4-11-9(5-10)6-13(17)14-11/h3-5,8,12,15-16H,6-7H2,1-2H3,(H,14,17). The van der Waals surface area contributed by atoms with Gasteiger partial charge in [0.25, 0.3) is 0 Å². The van der Waals surface area contributed by atoms with Crippen LogP contribution in [0.1, 0.15) is 19.4 Å². The monoisotopic (exact) mass is 298 g/mol. The molecule has 1 aliphatic heterocycles. The molecule has 0 spiro atoms. The lowest BCUT2D eigenvalue weighted by molar-refractivity contribution is -0.115. The lowest BCUT2D eigenvalue weighted by atomic mass is 10.1. The average molecular weight is 298 g/mol. The highest BCUT2D eigenvalue weighted by Crippen LogP contribution is 2.25. The molecular formula is C13H18N2O4S. The number of aliphatic hydroxyl groups excluding tert-OH is 1. The van der Waals surface area contributed by atoms with Gasteiger partial charge in [0, 0.05) is 11.7 Å². The van der Waals surface area contributed by atoms with E-state index in [1.807, 2.05) is 13.8 Å². The predicted molar refractivity (Wildman–Crippen MR) is 74.8 cm³/mol. The molecule has 1 atom stereocenters. The van der Waals surface area contributed by atoms with Gasteiger partial charge in [-0.2, -0.15) is 0 Å². The number of benzene rings is 1. The van der Waals surface area contributed by atoms with Crippen LogP contribution in [-0.2, 0) is 21.2 Å². The Hall–Kier alpha value is -1.44. The maximum absolute atomic E-state index is 12.3. The van der Waals surface area contributed by atoms with E-state index in [0.29, 0.717) is 11.3 Å². The summed E-state index contributed by atoms with van der Waals surface area (Å²) in [6.07, 6.45) is 0.187. The van der Waals surface area contributed by atoms with E-state index in [2.05, 4.69) is 10.0 Å². The second kappa shape index (κ2) is 5.51. The number of amides is 1. The highest BCUT2D eigenvalue weighted by atomic mass is 32.2. The SMILES string of the molecule is CC(C)C(CO)NS(=O)(=O)c1ccc2c(c1)CC(=O)N2. The van der Waals surface area contributed by atoms with Crippen LogP contribution in [0.3, 0.4) is 0 Å². The van der Waals surface area contributed by atoms with E-state index in [4.69, 9.17) is 0 Å². The van der Waals surface area contributed by atoms with Crippen LogP contribution >= 0.6 is 0 Å². The highest BCUT2D eigenvalue weighted by molar-refractivity contribution is 7.89. The summed E-state index contributed by atoms with van der Waals surface area (Å²) in [5, 5.41) is 11.9. The van der Waals surface area contributed by atoms with Crippen LogP contribution < -0.4 is 10.0 Å². The summed E-state index contributed by atoms with van der Waals surface area (Å²) in [6.45, 7) is 3.39. The molecule has 1 aromatic carbocycles. The minimum absolute atomic E-state index is 0.0209. The van der Waals surface area contributed by atoms with E-state index in [1.54, 1.807) is 6.07 Å². The maximum atomic E-state index is 12.3. The van der Waals surface area contributed by atoms with Crippen molar-refractivity contribution in [2.24, 2.45) is 5.92 Å². The highest BCUT2D eigenvalue weighted by Gasteiger charge is 2.25. The number of carbonyl (C=O) groups excluding carboxylic acids is 1. The normalized spacial score (nSPS) is 16.1. The summed E-state index contributed by atoms with van der Waals surface area (Å²) in [5.41, 5.74) is 1.32. The zero-order valence-electron chi connectivity index (χ0n) is 11.4. The Labute approximate surface area is 118 Å². The molecule has 0 saturated carbocycles. The molecule has 20 heavy (non-hydrogen) atoms. The van der Waals surface area contributed by atoms with Gasteiger partial charge in [0.2, 0.25) is 15.9 Å². The summed E-state index contributed by atoms with van der Waals surface area (Å²) in [7, 11) is -3.70. The van der Waals surface area contributed by atoms with Crippen LogP contribution in [0.5, 0.6) is 0 Å². The molecule has 0 aliphatic carbocycles. The Morgan fingerprint density at radius 1 is 1.40 bits per heavy atom. The fourth-order valence-corrected chi connectivity index (χ4v) is 3.45. The van der Waals surface area contributed by atoms with Gasteiger partial charge in [-0.3, -0.25) is 4.79 Å². The molecule has 0 saturated heterocycles. The summed E-state index contributed by atoms with van der Waals surface area (Å²) < 4.78 is 27.0. The van der Waals surface area contributed by atoms with Gasteiger partial charge in [-0.15, -0.1) is 0 Å². The van der Waals surface area contributed by atoms with E-state index >= 15 is 0 Å². The molecule has 0 radical (unpaired) electrons. The van der Waals surface area contributed by atoms with E-state index in [1.165, 1.54) is 12.1 Å². The van der Waals surface area contributed by atoms with Crippen LogP contribution in [-0.4, -0.2) is 32.1 Å². The number of sulfonamides is 1. The predicted octanol–water partition coefficient (Wildman–Crippen LogP) is 0.476. The van der Waals surface area contributed by atoms with E-state index in [0.717, 1.165) is 0 Å². The lowest BCUT2D eigenvalue weighted by Crippen LogP contribution is -2.41. The average Bonchev–Trinajstić information content (AvgIpc) is 2.74. The van der Waals surface area contributed by atoms with Crippen LogP contribution in [0.4, 0.5) is 5.69 Å². The number of hydrogen-bond donors (Lipinski definition) is 3. The molecule has 1 amide bonds. The molecule has 6 nitrogen and oxygen atoms in total. The number of rotatable bonds is 5. The van der Waals surface area contributed by atoms with Crippen LogP contribution in [0.2, 0.25) is 0 Å². The van der Waals surface area contributed by atoms with Gasteiger partial charge in [-0.25, -0.2) is 13.1 Å². The van der Waals surface area contributed by atoms with Gasteiger partial charge in [0.1, 0.15) is 0 Å². The van der Waals surface area contributed by atoms with Gasteiger partial charge in [0.15, 0.2) is 0 Å². The first kappa shape index (κ1) is 15.0. The Morgan fingerprint density at radius 2 is 2.10 bits per heavy atom. The molecule has 3 N–H and O–H groups in total. The van der Waals surface area contributed by atoms with Gasteiger partial charge in [-0.05, 0) is 29.7 Å². The third-order valence-corrected chi connectivity index (χ3v) is 4.81. The molecule has 0 aromatic heterocycles. The van der Waals surface area contributed by atoms with Crippen LogP contribution in [0.25, 0.3) is 0 Å². The molecule has 0 bridgehead atoms. The topological polar surface area (TPSA) is 95.5 Å². The van der Waals surface area contributed by atoms with E-state index in [9.17, 15) is 18.3 Å². The Morgan fingerprint density at radius 3 is 2.70 bits per heavy atom. The zero-order chi connectivity index (χ0) is 14.9. The maximum Gasteiger partial charge on any atom is 0.240 e. The number of nitrogens with one attached hydrogen (secondary N) is 2. The van der Waals surface area contributed by atoms with Crippen molar-refractivity contribution in [2.45, 2.75) is 31.2 Å². The van der Waals surface area contributed by atoms with Gasteiger partial charge in [-0.1, -0.05) is 13.8 Å². The zero-order valence-corrected chi connectivity index (χ0v) is 12.2. The Bertz CT molecular complexity index is 625. The first-order valence-electron chi connectivity index (χ1n) is 6.39. The minimum atomic E-state index is -3.70. The second-order valence-corrected chi connectivity index (χ2v) is 6.91. The van der Waals surface area contributed by atoms with E-state index < -0.39 is 16.1 Å². The van der Waals surface area contributed by atoms with Crippen molar-refractivity contribution in [1.82, 2.24) is 4.72 Å². The lowest BCUT2D eigenvalue weighted by Gasteiger charge is -2.20. The third kappa shape index (κ3) is 3.00. The third-order valence-electron chi connectivity index (χ3n) is 3.32. The van der Waals surface area contributed by atoms with Gasteiger partial charge >= 0.3 is 0 Å². The number of anilines is 1. The molecule has 1 heterocycles. The summed E-state index contributed by atoms with van der Waals surface area (Å²) in [5.74, 6) is -0.162. The molecule has 0 fully saturated rings. The van der Waals surface area contributed by atoms with Crippen molar-refractivity contribution in [2.75, 3.05) is 11.9 Å². The quantitative estimate of drug-likeness (QED) is 0.736. The molecule has 7 heteroatoms. The van der Waals surface area contributed by atoms with Crippen molar-refractivity contribution >= 4 is 21.6 Å². The van der Waals surface area contributed by atoms with Crippen molar-refractivity contribution in [1.29, 1.82) is 0 Å². The van der Waals surface area contributed by atoms with Crippen molar-refractivity contribution in [3.05, 3.63) is 23.8 Å². The van der Waals surface area contributed by atoms with Gasteiger partial charge < -0.3 is 10.4 Å². The van der Waals surface area contributed by atoms with Gasteiger partial charge in [0.05, 0.1) is 17.9 Å².